The van der Waals surface area contributed by atoms with Crippen LogP contribution in [0, 0.1) is 10.1 Å². The molecule has 0 bridgehead atoms. The van der Waals surface area contributed by atoms with Gasteiger partial charge in [0.15, 0.2) is 11.5 Å². The Morgan fingerprint density at radius 1 is 1.31 bits per heavy atom. The van der Waals surface area contributed by atoms with Gasteiger partial charge < -0.3 is 19.9 Å². The van der Waals surface area contributed by atoms with Gasteiger partial charge in [-0.05, 0) is 30.7 Å². The second kappa shape index (κ2) is 6.81. The zero-order valence-corrected chi connectivity index (χ0v) is 14.4. The molecule has 1 heterocycles. The minimum atomic E-state index is -1.37. The third kappa shape index (κ3) is 3.56. The van der Waals surface area contributed by atoms with E-state index >= 15 is 0 Å². The lowest BCUT2D eigenvalue weighted by atomic mass is 9.95. The molecule has 8 nitrogen and oxygen atoms in total. The maximum absolute atomic E-state index is 12.3. The first-order valence-corrected chi connectivity index (χ1v) is 8.00. The molecule has 1 amide bonds. The van der Waals surface area contributed by atoms with Gasteiger partial charge >= 0.3 is 0 Å². The first-order valence-electron chi connectivity index (χ1n) is 7.62. The van der Waals surface area contributed by atoms with Crippen LogP contribution in [0.15, 0.2) is 36.4 Å². The number of nitrogens with one attached hydrogen (secondary N) is 1. The van der Waals surface area contributed by atoms with E-state index in [0.29, 0.717) is 17.1 Å². The average molecular weight is 379 g/mol. The van der Waals surface area contributed by atoms with Crippen molar-refractivity contribution in [1.29, 1.82) is 0 Å². The highest BCUT2D eigenvalue weighted by Crippen LogP contribution is 2.35. The van der Waals surface area contributed by atoms with Crippen LogP contribution >= 0.6 is 11.6 Å². The van der Waals surface area contributed by atoms with Gasteiger partial charge in [-0.15, -0.1) is 0 Å². The number of benzene rings is 2. The molecular formula is C17H15ClN2O6. The number of hydrogen-bond acceptors (Lipinski definition) is 6. The van der Waals surface area contributed by atoms with E-state index in [0.717, 1.165) is 6.07 Å². The fraction of sp³-hybridized carbons (Fsp3) is 0.235. The maximum Gasteiger partial charge on any atom is 0.270 e. The zero-order chi connectivity index (χ0) is 18.9. The van der Waals surface area contributed by atoms with Crippen LogP contribution in [0.4, 0.5) is 5.69 Å². The van der Waals surface area contributed by atoms with E-state index in [1.165, 1.54) is 12.1 Å². The molecular weight excluding hydrogens is 364 g/mol. The van der Waals surface area contributed by atoms with E-state index in [-0.39, 0.29) is 29.6 Å². The highest BCUT2D eigenvalue weighted by atomic mass is 35.5. The highest BCUT2D eigenvalue weighted by Gasteiger charge is 2.27. The molecule has 1 aliphatic rings. The Morgan fingerprint density at radius 3 is 2.73 bits per heavy atom. The van der Waals surface area contributed by atoms with Crippen LogP contribution in [0.5, 0.6) is 11.5 Å². The number of halogens is 1. The van der Waals surface area contributed by atoms with E-state index < -0.39 is 16.4 Å². The van der Waals surface area contributed by atoms with Gasteiger partial charge in [0.05, 0.1) is 22.1 Å². The number of nitro groups is 1. The number of carbonyl (C=O) groups excluding carboxylic acids is 1. The Bertz CT molecular complexity index is 884. The van der Waals surface area contributed by atoms with Crippen molar-refractivity contribution in [3.63, 3.8) is 0 Å². The van der Waals surface area contributed by atoms with Gasteiger partial charge in [0.25, 0.3) is 11.6 Å². The predicted molar refractivity (Wildman–Crippen MR) is 92.6 cm³/mol. The molecule has 1 aliphatic heterocycles. The predicted octanol–water partition coefficient (Wildman–Crippen LogP) is 2.61. The number of aliphatic hydroxyl groups is 1. The van der Waals surface area contributed by atoms with E-state index in [2.05, 4.69) is 5.32 Å². The molecule has 136 valence electrons. The highest BCUT2D eigenvalue weighted by molar-refractivity contribution is 6.34. The van der Waals surface area contributed by atoms with Gasteiger partial charge in [0.1, 0.15) is 5.60 Å². The molecule has 9 heteroatoms. The molecule has 0 aliphatic carbocycles. The SMILES string of the molecule is CC(O)(CNC(=O)c1ccc([N+](=O)[O-])cc1Cl)c1ccc2c(c1)OCO2. The molecule has 0 saturated heterocycles. The lowest BCUT2D eigenvalue weighted by Gasteiger charge is -2.24. The van der Waals surface area contributed by atoms with Crippen LogP contribution in [0.1, 0.15) is 22.8 Å². The summed E-state index contributed by atoms with van der Waals surface area (Å²) in [5.41, 5.74) is -0.960. The monoisotopic (exact) mass is 378 g/mol. The van der Waals surface area contributed by atoms with Crippen molar-refractivity contribution in [2.75, 3.05) is 13.3 Å². The van der Waals surface area contributed by atoms with E-state index in [4.69, 9.17) is 21.1 Å². The number of fused-ring (bicyclic) bond motifs is 1. The third-order valence-electron chi connectivity index (χ3n) is 4.00. The van der Waals surface area contributed by atoms with Gasteiger partial charge in [0.2, 0.25) is 6.79 Å². The number of carbonyl (C=O) groups is 1. The van der Waals surface area contributed by atoms with E-state index in [9.17, 15) is 20.0 Å². The molecule has 0 aromatic heterocycles. The van der Waals surface area contributed by atoms with Crippen LogP contribution in [0.2, 0.25) is 5.02 Å². The Morgan fingerprint density at radius 2 is 2.04 bits per heavy atom. The molecule has 2 N–H and O–H groups in total. The molecule has 0 fully saturated rings. The number of amides is 1. The van der Waals surface area contributed by atoms with Crippen molar-refractivity contribution >= 4 is 23.2 Å². The molecule has 0 spiro atoms. The quantitative estimate of drug-likeness (QED) is 0.611. The Labute approximate surface area is 153 Å². The van der Waals surface area contributed by atoms with Crippen molar-refractivity contribution in [3.8, 4) is 11.5 Å². The second-order valence-corrected chi connectivity index (χ2v) is 6.35. The maximum atomic E-state index is 12.3. The second-order valence-electron chi connectivity index (χ2n) is 5.95. The van der Waals surface area contributed by atoms with Gasteiger partial charge in [-0.1, -0.05) is 17.7 Å². The first kappa shape index (κ1) is 18.0. The molecule has 2 aromatic carbocycles. The summed E-state index contributed by atoms with van der Waals surface area (Å²) in [7, 11) is 0. The summed E-state index contributed by atoms with van der Waals surface area (Å²) < 4.78 is 10.5. The van der Waals surface area contributed by atoms with Crippen LogP contribution in [0.3, 0.4) is 0 Å². The molecule has 1 unspecified atom stereocenters. The summed E-state index contributed by atoms with van der Waals surface area (Å²) in [6, 6.07) is 8.57. The molecule has 0 saturated carbocycles. The Hall–Kier alpha value is -2.84. The zero-order valence-electron chi connectivity index (χ0n) is 13.7. The minimum absolute atomic E-state index is 0.0422. The molecule has 0 radical (unpaired) electrons. The van der Waals surface area contributed by atoms with Crippen LogP contribution in [-0.4, -0.2) is 29.3 Å². The smallest absolute Gasteiger partial charge is 0.270 e. The number of nitrogens with zero attached hydrogens (tertiary/aromatic N) is 1. The van der Waals surface area contributed by atoms with Crippen LogP contribution in [-0.2, 0) is 5.60 Å². The first-order chi connectivity index (χ1) is 12.3. The lowest BCUT2D eigenvalue weighted by molar-refractivity contribution is -0.384. The number of ether oxygens (including phenoxy) is 2. The summed E-state index contributed by atoms with van der Waals surface area (Å²) in [4.78, 5) is 22.4. The minimum Gasteiger partial charge on any atom is -0.454 e. The number of nitro benzene ring substituents is 1. The summed E-state index contributed by atoms with van der Waals surface area (Å²) in [6.45, 7) is 1.57. The van der Waals surface area contributed by atoms with Crippen molar-refractivity contribution in [2.24, 2.45) is 0 Å². The van der Waals surface area contributed by atoms with Crippen LogP contribution in [0.25, 0.3) is 0 Å². The summed E-state index contributed by atoms with van der Waals surface area (Å²) in [5, 5.41) is 23.9. The summed E-state index contributed by atoms with van der Waals surface area (Å²) in [6.07, 6.45) is 0. The van der Waals surface area contributed by atoms with Crippen molar-refractivity contribution in [1.82, 2.24) is 5.32 Å². The van der Waals surface area contributed by atoms with Crippen molar-refractivity contribution in [3.05, 3.63) is 62.7 Å². The number of non-ortho nitro benzene ring substituents is 1. The third-order valence-corrected chi connectivity index (χ3v) is 4.31. The van der Waals surface area contributed by atoms with Crippen LogP contribution < -0.4 is 14.8 Å². The van der Waals surface area contributed by atoms with Gasteiger partial charge in [-0.25, -0.2) is 0 Å². The summed E-state index contributed by atoms with van der Waals surface area (Å²) in [5.74, 6) is 0.560. The van der Waals surface area contributed by atoms with Crippen molar-refractivity contribution < 1.29 is 24.3 Å². The molecule has 3 rings (SSSR count). The number of rotatable bonds is 5. The Kier molecular flexibility index (Phi) is 4.71. The van der Waals surface area contributed by atoms with Gasteiger partial charge in [-0.3, -0.25) is 14.9 Å². The largest absolute Gasteiger partial charge is 0.454 e. The lowest BCUT2D eigenvalue weighted by Crippen LogP contribution is -2.38. The topological polar surface area (TPSA) is 111 Å². The average Bonchev–Trinajstić information content (AvgIpc) is 3.07. The molecule has 2 aromatic rings. The summed E-state index contributed by atoms with van der Waals surface area (Å²) >= 11 is 5.94. The van der Waals surface area contributed by atoms with E-state index in [1.807, 2.05) is 0 Å². The Balaban J connectivity index is 1.71. The van der Waals surface area contributed by atoms with Crippen molar-refractivity contribution in [2.45, 2.75) is 12.5 Å². The molecule has 26 heavy (non-hydrogen) atoms. The van der Waals surface area contributed by atoms with E-state index in [1.54, 1.807) is 25.1 Å². The number of hydrogen-bond donors (Lipinski definition) is 2. The fourth-order valence-corrected chi connectivity index (χ4v) is 2.74. The standard InChI is InChI=1S/C17H15ClN2O6/c1-17(22,10-2-5-14-15(6-10)26-9-25-14)8-19-16(21)12-4-3-11(20(23)24)7-13(12)18/h2-7,22H,8-9H2,1H3,(H,19,21). The van der Waals surface area contributed by atoms with Gasteiger partial charge in [0, 0.05) is 12.1 Å². The normalized spacial score (nSPS) is 14.6. The molecule has 1 atom stereocenters. The fourth-order valence-electron chi connectivity index (χ4n) is 2.48. The van der Waals surface area contributed by atoms with Gasteiger partial charge in [-0.2, -0.15) is 0 Å².